The maximum Gasteiger partial charge on any atom is 0.126 e. The molecule has 0 saturated carbocycles. The first-order valence-corrected chi connectivity index (χ1v) is 1.18. The predicted octanol–water partition coefficient (Wildman–Crippen LogP) is 1.13. The second-order valence-electron chi connectivity index (χ2n) is 0.441. The Bertz CT molecular complexity index is 260. The van der Waals surface area contributed by atoms with Gasteiger partial charge in [-0.3, -0.25) is 0 Å². The van der Waals surface area contributed by atoms with E-state index in [1.807, 2.05) is 0 Å². The summed E-state index contributed by atoms with van der Waals surface area (Å²) in [5, 5.41) is 7.59. The fourth-order valence-electron chi connectivity index (χ4n) is 0. The summed E-state index contributed by atoms with van der Waals surface area (Å²) in [5.74, 6) is -1.68. The number of nitriles is 1. The van der Waals surface area contributed by atoms with Crippen molar-refractivity contribution in [1.82, 2.24) is 0 Å². The van der Waals surface area contributed by atoms with Crippen LogP contribution in [0, 0.1) is 11.3 Å². The highest BCUT2D eigenvalue weighted by Gasteiger charge is 1.62. The third-order valence-corrected chi connectivity index (χ3v) is 0. The summed E-state index contributed by atoms with van der Waals surface area (Å²) in [6, 6.07) is 1.10. The van der Waals surface area contributed by atoms with Gasteiger partial charge in [0.1, 0.15) is 5.78 Å². The van der Waals surface area contributed by atoms with Crippen LogP contribution in [0.25, 0.3) is 0 Å². The minimum atomic E-state index is -3.01. The minimum Gasteiger partial charge on any atom is -0.300 e. The lowest BCUT2D eigenvalue weighted by atomic mass is 10.6. The molecule has 7 heavy (non-hydrogen) atoms. The topological polar surface area (TPSA) is 40.9 Å². The van der Waals surface area contributed by atoms with E-state index in [0.717, 1.165) is 6.07 Å². The zero-order chi connectivity index (χ0) is 13.8. The van der Waals surface area contributed by atoms with Gasteiger partial charge in [-0.05, 0) is 13.7 Å². The summed E-state index contributed by atoms with van der Waals surface area (Å²) in [5.41, 5.74) is 0. The summed E-state index contributed by atoms with van der Waals surface area (Å²) < 4.78 is 57.0. The van der Waals surface area contributed by atoms with E-state index in [-0.39, 0.29) is 0 Å². The van der Waals surface area contributed by atoms with E-state index in [4.69, 9.17) is 17.6 Å². The van der Waals surface area contributed by atoms with Crippen LogP contribution in [0.4, 0.5) is 0 Å². The Kier molecular flexibility index (Phi) is 1.21. The number of carbonyl (C=O) groups is 1. The zero-order valence-electron chi connectivity index (χ0n) is 12.4. The van der Waals surface area contributed by atoms with Crippen molar-refractivity contribution in [3.63, 3.8) is 0 Å². The first-order chi connectivity index (χ1) is 6.72. The maximum atomic E-state index is 10.4. The van der Waals surface area contributed by atoms with Gasteiger partial charge in [0.25, 0.3) is 0 Å². The highest BCUT2D eigenvalue weighted by molar-refractivity contribution is 5.72. The van der Waals surface area contributed by atoms with E-state index in [1.54, 1.807) is 0 Å². The molecule has 0 aliphatic carbocycles. The van der Waals surface area contributed by atoms with Crippen molar-refractivity contribution in [2.75, 3.05) is 0 Å². The normalized spacial score (nSPS) is 29.3. The fraction of sp³-hybridized carbons (Fsp3) is 0.600. The molecule has 0 aliphatic rings. The van der Waals surface area contributed by atoms with Crippen LogP contribution < -0.4 is 0 Å². The van der Waals surface area contributed by atoms with Gasteiger partial charge in [-0.15, -0.1) is 0 Å². The van der Waals surface area contributed by atoms with E-state index in [9.17, 15) is 4.79 Å². The van der Waals surface area contributed by atoms with Gasteiger partial charge in [0.2, 0.25) is 0 Å². The van der Waals surface area contributed by atoms with Gasteiger partial charge in [-0.2, -0.15) is 5.26 Å². The Morgan fingerprint density at radius 3 is 2.29 bits per heavy atom. The molecule has 0 rings (SSSR count). The molecule has 0 aliphatic heterocycles. The fourth-order valence-corrected chi connectivity index (χ4v) is 0. The predicted molar refractivity (Wildman–Crippen MR) is 27.6 cm³/mol. The highest BCUT2D eigenvalue weighted by atomic mass is 16.1. The lowest BCUT2D eigenvalue weighted by molar-refractivity contribution is -0.114. The van der Waals surface area contributed by atoms with Crippen LogP contribution in [0.5, 0.6) is 0 Å². The molecule has 0 fully saturated rings. The van der Waals surface area contributed by atoms with Crippen molar-refractivity contribution < 1.29 is 17.1 Å². The van der Waals surface area contributed by atoms with E-state index < -0.39 is 26.3 Å². The van der Waals surface area contributed by atoms with Crippen molar-refractivity contribution in [2.45, 2.75) is 20.6 Å². The van der Waals surface area contributed by atoms with Crippen molar-refractivity contribution >= 4 is 5.78 Å². The average Bonchev–Trinajstić information content (AvgIpc) is 1.99. The van der Waals surface area contributed by atoms with Crippen LogP contribution in [0.2, 0.25) is 0 Å². The quantitative estimate of drug-likeness (QED) is 0.466. The maximum absolute atomic E-state index is 10.4. The molecule has 0 heterocycles. The Labute approximate surface area is 56.4 Å². The van der Waals surface area contributed by atoms with E-state index in [1.165, 1.54) is 0 Å². The van der Waals surface area contributed by atoms with Crippen LogP contribution in [-0.2, 0) is 4.79 Å². The summed E-state index contributed by atoms with van der Waals surface area (Å²) >= 11 is 0. The molecule has 0 aromatic rings. The minimum absolute atomic E-state index is 1.10. The van der Waals surface area contributed by atoms with Crippen molar-refractivity contribution in [2.24, 2.45) is 0 Å². The molecule has 0 amide bonds. The molecular weight excluding hydrogens is 90.1 g/mol. The summed E-state index contributed by atoms with van der Waals surface area (Å²) in [4.78, 5) is 10.4. The summed E-state index contributed by atoms with van der Waals surface area (Å²) in [6.07, 6.45) is 0. The van der Waals surface area contributed by atoms with E-state index in [2.05, 4.69) is 0 Å². The standard InChI is InChI=1S/C3H6O.C2H3N/c1-3(2)4;1-2-3/h1-2H3;1H3/i1D3,2D3;1D3. The monoisotopic (exact) mass is 108 g/mol. The van der Waals surface area contributed by atoms with Gasteiger partial charge in [0, 0.05) is 19.2 Å². The molecule has 0 bridgehead atoms. The molecular formula is C5H9NO. The van der Waals surface area contributed by atoms with Crippen LogP contribution in [-0.4, -0.2) is 5.78 Å². The zero-order valence-corrected chi connectivity index (χ0v) is 3.36. The van der Waals surface area contributed by atoms with Crippen molar-refractivity contribution in [1.29, 1.82) is 5.26 Å². The van der Waals surface area contributed by atoms with Gasteiger partial charge >= 0.3 is 0 Å². The lowest BCUT2D eigenvalue weighted by Gasteiger charge is -1.56. The Hall–Kier alpha value is -0.840. The van der Waals surface area contributed by atoms with Gasteiger partial charge in [0.15, 0.2) is 0 Å². The molecule has 0 saturated heterocycles. The number of nitrogens with zero attached hydrogens (tertiary/aromatic N) is 1. The second kappa shape index (κ2) is 8.94. The largest absolute Gasteiger partial charge is 0.300 e. The Morgan fingerprint density at radius 1 is 1.86 bits per heavy atom. The van der Waals surface area contributed by atoms with E-state index in [0.29, 0.717) is 0 Å². The first kappa shape index (κ1) is 0.947. The van der Waals surface area contributed by atoms with Crippen LogP contribution in [0.15, 0.2) is 0 Å². The first-order valence-electron chi connectivity index (χ1n) is 5.68. The van der Waals surface area contributed by atoms with Gasteiger partial charge in [0.05, 0.1) is 6.07 Å². The van der Waals surface area contributed by atoms with Crippen molar-refractivity contribution in [3.05, 3.63) is 0 Å². The lowest BCUT2D eigenvalue weighted by Crippen LogP contribution is -1.69. The SMILES string of the molecule is [2H]C([2H])([2H])C#N.[2H]C([2H])([2H])C(=O)C([2H])([2H])[2H]. The number of carbonyl (C=O) groups excluding carboxylic acids is 1. The third kappa shape index (κ3) is 73.0. The van der Waals surface area contributed by atoms with Gasteiger partial charge < -0.3 is 4.79 Å². The summed E-state index contributed by atoms with van der Waals surface area (Å²) in [7, 11) is 0. The molecule has 40 valence electrons. The number of hydrogen-bond acceptors (Lipinski definition) is 2. The highest BCUT2D eigenvalue weighted by Crippen LogP contribution is 1.50. The van der Waals surface area contributed by atoms with Crippen molar-refractivity contribution in [3.8, 4) is 6.07 Å². The average molecular weight is 108 g/mol. The number of hydrogen-bond donors (Lipinski definition) is 0. The molecule has 2 heteroatoms. The smallest absolute Gasteiger partial charge is 0.126 e. The van der Waals surface area contributed by atoms with Gasteiger partial charge in [-0.25, -0.2) is 0 Å². The number of Topliss-reactive ketones (excluding diaryl/α,β-unsaturated/α-hetero) is 1. The molecule has 0 aromatic carbocycles. The molecule has 0 spiro atoms. The molecule has 0 atom stereocenters. The molecule has 0 radical (unpaired) electrons. The van der Waals surface area contributed by atoms with Gasteiger partial charge in [-0.1, -0.05) is 0 Å². The van der Waals surface area contributed by atoms with Crippen LogP contribution in [0.1, 0.15) is 32.9 Å². The number of rotatable bonds is 0. The van der Waals surface area contributed by atoms with E-state index >= 15 is 0 Å². The third-order valence-electron chi connectivity index (χ3n) is 0. The molecule has 0 unspecified atom stereocenters. The number of ketones is 1. The second-order valence-corrected chi connectivity index (χ2v) is 0.441. The Balaban J connectivity index is 0. The molecule has 2 nitrogen and oxygen atoms in total. The van der Waals surface area contributed by atoms with Crippen LogP contribution >= 0.6 is 0 Å². The Morgan fingerprint density at radius 2 is 2.29 bits per heavy atom. The molecule has 0 N–H and O–H groups in total. The molecule has 0 aromatic heterocycles. The van der Waals surface area contributed by atoms with Crippen LogP contribution in [0.3, 0.4) is 0 Å². The summed E-state index contributed by atoms with van der Waals surface area (Å²) in [6.45, 7) is -8.42.